The van der Waals surface area contributed by atoms with Gasteiger partial charge < -0.3 is 19.4 Å². The first kappa shape index (κ1) is 21.7. The minimum atomic E-state index is -0.250. The fourth-order valence-corrected chi connectivity index (χ4v) is 5.10. The number of aryl methyl sites for hydroxylation is 1. The van der Waals surface area contributed by atoms with Crippen molar-refractivity contribution in [3.63, 3.8) is 0 Å². The van der Waals surface area contributed by atoms with Crippen molar-refractivity contribution in [2.75, 3.05) is 39.4 Å². The van der Waals surface area contributed by atoms with Gasteiger partial charge >= 0.3 is 0 Å². The number of carbonyl (C=O) groups is 1. The first-order chi connectivity index (χ1) is 15.1. The van der Waals surface area contributed by atoms with Gasteiger partial charge in [-0.2, -0.15) is 0 Å². The second-order valence-corrected chi connectivity index (χ2v) is 8.66. The van der Waals surface area contributed by atoms with Crippen molar-refractivity contribution in [3.05, 3.63) is 51.5 Å². The molecule has 9 nitrogen and oxygen atoms in total. The second-order valence-electron chi connectivity index (χ2n) is 8.66. The summed E-state index contributed by atoms with van der Waals surface area (Å²) in [7, 11) is 0. The zero-order chi connectivity index (χ0) is 21.8. The smallest absolute Gasteiger partial charge is 0.290 e. The molecule has 2 aromatic heterocycles. The van der Waals surface area contributed by atoms with Crippen LogP contribution in [-0.4, -0.2) is 75.3 Å². The molecule has 2 aromatic rings. The molecule has 2 atom stereocenters. The molecule has 5 heterocycles. The largest absolute Gasteiger partial charge is 0.483 e. The van der Waals surface area contributed by atoms with Crippen molar-refractivity contribution >= 4 is 6.47 Å². The van der Waals surface area contributed by atoms with Crippen LogP contribution in [0.15, 0.2) is 23.3 Å². The summed E-state index contributed by atoms with van der Waals surface area (Å²) in [6, 6.07) is 4.28. The number of fused-ring (bicyclic) bond motifs is 4. The number of ether oxygens (including phenoxy) is 1. The monoisotopic (exact) mass is 429 g/mol. The molecule has 2 N–H and O–H groups in total. The van der Waals surface area contributed by atoms with Crippen LogP contribution in [0, 0.1) is 12.8 Å². The molecule has 0 unspecified atom stereocenters. The highest BCUT2D eigenvalue weighted by Crippen LogP contribution is 2.35. The third kappa shape index (κ3) is 4.89. The Morgan fingerprint density at radius 2 is 1.97 bits per heavy atom. The van der Waals surface area contributed by atoms with Crippen molar-refractivity contribution in [1.82, 2.24) is 24.3 Å². The number of nitrogens with one attached hydrogen (secondary N) is 1. The van der Waals surface area contributed by atoms with Gasteiger partial charge in [0, 0.05) is 68.7 Å². The molecule has 0 radical (unpaired) electrons. The molecule has 0 spiro atoms. The van der Waals surface area contributed by atoms with Crippen LogP contribution in [0.3, 0.4) is 0 Å². The van der Waals surface area contributed by atoms with E-state index in [1.807, 2.05) is 0 Å². The van der Waals surface area contributed by atoms with E-state index in [0.717, 1.165) is 76.0 Å². The van der Waals surface area contributed by atoms with Gasteiger partial charge in [0.25, 0.3) is 12.0 Å². The van der Waals surface area contributed by atoms with Gasteiger partial charge in [0.05, 0.1) is 25.2 Å². The Labute approximate surface area is 181 Å². The summed E-state index contributed by atoms with van der Waals surface area (Å²) in [6.45, 7) is 9.71. The molecular formula is C22H31N5O4. The third-order valence-electron chi connectivity index (χ3n) is 6.56. The predicted molar refractivity (Wildman–Crippen MR) is 115 cm³/mol. The summed E-state index contributed by atoms with van der Waals surface area (Å²) in [6.07, 6.45) is 2.97. The van der Waals surface area contributed by atoms with Crippen molar-refractivity contribution < 1.29 is 14.6 Å². The molecule has 168 valence electrons. The number of H-pyrrole nitrogens is 1. The number of nitrogens with zero attached hydrogens (tertiary/aromatic N) is 4. The molecular weight excluding hydrogens is 398 g/mol. The van der Waals surface area contributed by atoms with E-state index < -0.39 is 0 Å². The van der Waals surface area contributed by atoms with Crippen molar-refractivity contribution in [2.24, 2.45) is 5.92 Å². The zero-order valence-electron chi connectivity index (χ0n) is 18.0. The summed E-state index contributed by atoms with van der Waals surface area (Å²) >= 11 is 0. The number of imidazole rings is 1. The molecule has 5 rings (SSSR count). The van der Waals surface area contributed by atoms with Gasteiger partial charge in [-0.1, -0.05) is 6.07 Å². The van der Waals surface area contributed by atoms with E-state index in [9.17, 15) is 4.79 Å². The Morgan fingerprint density at radius 1 is 1.19 bits per heavy atom. The number of piperidine rings is 1. The van der Waals surface area contributed by atoms with E-state index >= 15 is 0 Å². The highest BCUT2D eigenvalue weighted by atomic mass is 16.5. The van der Waals surface area contributed by atoms with Crippen LogP contribution >= 0.6 is 0 Å². The van der Waals surface area contributed by atoms with Gasteiger partial charge in [0.2, 0.25) is 0 Å². The predicted octanol–water partition coefficient (Wildman–Crippen LogP) is 1.03. The number of hydrogen-bond donors (Lipinski definition) is 2. The Kier molecular flexibility index (Phi) is 6.84. The highest BCUT2D eigenvalue weighted by Gasteiger charge is 2.35. The Balaban J connectivity index is 0.000000730. The maximum atomic E-state index is 13.2. The van der Waals surface area contributed by atoms with E-state index in [1.54, 1.807) is 6.33 Å². The van der Waals surface area contributed by atoms with Gasteiger partial charge in [0.1, 0.15) is 0 Å². The lowest BCUT2D eigenvalue weighted by Gasteiger charge is -2.43. The molecule has 3 aliphatic rings. The van der Waals surface area contributed by atoms with E-state index in [4.69, 9.17) is 14.6 Å². The normalized spacial score (nSPS) is 23.5. The quantitative estimate of drug-likeness (QED) is 0.700. The van der Waals surface area contributed by atoms with Crippen LogP contribution < -0.4 is 5.56 Å². The van der Waals surface area contributed by atoms with E-state index in [2.05, 4.69) is 43.4 Å². The van der Waals surface area contributed by atoms with Crippen LogP contribution in [0.25, 0.3) is 0 Å². The van der Waals surface area contributed by atoms with Crippen molar-refractivity contribution in [3.8, 4) is 0 Å². The SMILES string of the molecule is Cc1[nH]cnc1CN1C[C@@H]2C[C@H](C1)c1ccc(CN3CCOCC3)c(=O)n1C2.O=CO. The standard InChI is InChI=1S/C21H29N5O2.CH2O2/c1-15-19(23-14-22-15)13-25-9-16-8-18(12-25)20-3-2-17(21(27)26(20)10-16)11-24-4-6-28-7-5-24;2-1-3/h2-3,14,16,18H,4-13H2,1H3,(H,22,23);1H,(H,2,3)/t16-,18+;/m0./s1. The molecule has 0 aromatic carbocycles. The molecule has 2 saturated heterocycles. The maximum absolute atomic E-state index is 13.2. The van der Waals surface area contributed by atoms with Crippen molar-refractivity contribution in [2.45, 2.75) is 38.9 Å². The minimum Gasteiger partial charge on any atom is -0.483 e. The average Bonchev–Trinajstić information content (AvgIpc) is 3.16. The van der Waals surface area contributed by atoms with Crippen LogP contribution in [0.5, 0.6) is 0 Å². The number of morpholine rings is 1. The summed E-state index contributed by atoms with van der Waals surface area (Å²) in [5.41, 5.74) is 4.65. The van der Waals surface area contributed by atoms with Gasteiger partial charge in [0.15, 0.2) is 0 Å². The molecule has 0 saturated carbocycles. The first-order valence-corrected chi connectivity index (χ1v) is 10.9. The fourth-order valence-electron chi connectivity index (χ4n) is 5.10. The number of likely N-dealkylation sites (tertiary alicyclic amines) is 1. The van der Waals surface area contributed by atoms with Crippen molar-refractivity contribution in [1.29, 1.82) is 0 Å². The van der Waals surface area contributed by atoms with E-state index in [1.165, 1.54) is 12.1 Å². The van der Waals surface area contributed by atoms with Gasteiger partial charge in [-0.05, 0) is 25.3 Å². The van der Waals surface area contributed by atoms with E-state index in [-0.39, 0.29) is 12.0 Å². The van der Waals surface area contributed by atoms with Crippen LogP contribution in [0.4, 0.5) is 0 Å². The van der Waals surface area contributed by atoms with Gasteiger partial charge in [-0.15, -0.1) is 0 Å². The number of aromatic nitrogens is 3. The maximum Gasteiger partial charge on any atom is 0.290 e. The minimum absolute atomic E-state index is 0.218. The lowest BCUT2D eigenvalue weighted by atomic mass is 9.83. The van der Waals surface area contributed by atoms with Gasteiger partial charge in [-0.25, -0.2) is 4.98 Å². The summed E-state index contributed by atoms with van der Waals surface area (Å²) in [5, 5.41) is 6.89. The summed E-state index contributed by atoms with van der Waals surface area (Å²) in [5.74, 6) is 0.985. The molecule has 2 fully saturated rings. The average molecular weight is 430 g/mol. The van der Waals surface area contributed by atoms with Crippen LogP contribution in [-0.2, 0) is 29.2 Å². The Bertz CT molecular complexity index is 950. The first-order valence-electron chi connectivity index (χ1n) is 10.9. The topological polar surface area (TPSA) is 104 Å². The number of pyridine rings is 1. The Morgan fingerprint density at radius 3 is 2.68 bits per heavy atom. The molecule has 9 heteroatoms. The zero-order valence-corrected chi connectivity index (χ0v) is 18.0. The second kappa shape index (κ2) is 9.76. The number of aromatic amines is 1. The summed E-state index contributed by atoms with van der Waals surface area (Å²) < 4.78 is 7.50. The van der Waals surface area contributed by atoms with Gasteiger partial charge in [-0.3, -0.25) is 19.4 Å². The van der Waals surface area contributed by atoms with E-state index in [0.29, 0.717) is 11.8 Å². The Hall–Kier alpha value is -2.49. The highest BCUT2D eigenvalue weighted by molar-refractivity contribution is 5.32. The lowest BCUT2D eigenvalue weighted by Crippen LogP contribution is -2.47. The van der Waals surface area contributed by atoms with Crippen LogP contribution in [0.2, 0.25) is 0 Å². The molecule has 3 aliphatic heterocycles. The fraction of sp³-hybridized carbons (Fsp3) is 0.591. The molecule has 2 bridgehead atoms. The number of carboxylic acid groups (broad SMARTS) is 1. The lowest BCUT2D eigenvalue weighted by molar-refractivity contribution is -0.122. The van der Waals surface area contributed by atoms with Crippen LogP contribution in [0.1, 0.15) is 35.0 Å². The molecule has 31 heavy (non-hydrogen) atoms. The number of hydrogen-bond acceptors (Lipinski definition) is 6. The summed E-state index contributed by atoms with van der Waals surface area (Å²) in [4.78, 5) is 34.0. The third-order valence-corrected chi connectivity index (χ3v) is 6.56. The molecule has 0 amide bonds. The molecule has 0 aliphatic carbocycles. The number of rotatable bonds is 4.